The molecule has 0 amide bonds. The smallest absolute Gasteiger partial charge is 0.249 e. The third-order valence-electron chi connectivity index (χ3n) is 3.79. The van der Waals surface area contributed by atoms with Gasteiger partial charge in [-0.3, -0.25) is 0 Å². The maximum atomic E-state index is 13.7. The van der Waals surface area contributed by atoms with Crippen molar-refractivity contribution in [1.82, 2.24) is 10.1 Å². The maximum Gasteiger partial charge on any atom is 0.249 e. The van der Waals surface area contributed by atoms with Gasteiger partial charge in [0.2, 0.25) is 11.7 Å². The first-order chi connectivity index (χ1) is 12.1. The van der Waals surface area contributed by atoms with Crippen molar-refractivity contribution in [1.29, 1.82) is 0 Å². The summed E-state index contributed by atoms with van der Waals surface area (Å²) in [6.07, 6.45) is 0. The molecule has 2 aromatic carbocycles. The van der Waals surface area contributed by atoms with E-state index in [-0.39, 0.29) is 11.9 Å². The van der Waals surface area contributed by atoms with Gasteiger partial charge in [0.1, 0.15) is 17.6 Å². The van der Waals surface area contributed by atoms with Crippen LogP contribution in [0.25, 0.3) is 11.4 Å². The summed E-state index contributed by atoms with van der Waals surface area (Å²) in [6.45, 7) is 6.21. The number of aryl methyl sites for hydroxylation is 1. The summed E-state index contributed by atoms with van der Waals surface area (Å²) < 4.78 is 24.4. The fourth-order valence-electron chi connectivity index (χ4n) is 2.39. The molecule has 0 saturated heterocycles. The van der Waals surface area contributed by atoms with Crippen molar-refractivity contribution in [2.75, 3.05) is 11.9 Å². The van der Waals surface area contributed by atoms with Crippen LogP contribution in [0.4, 0.5) is 10.1 Å². The molecule has 0 aliphatic heterocycles. The normalized spacial score (nSPS) is 12.0. The number of halogens is 1. The highest BCUT2D eigenvalue weighted by Crippen LogP contribution is 2.24. The van der Waals surface area contributed by atoms with Gasteiger partial charge in [-0.1, -0.05) is 17.3 Å². The summed E-state index contributed by atoms with van der Waals surface area (Å²) in [6, 6.07) is 12.3. The number of nitrogens with zero attached hydrogens (tertiary/aromatic N) is 2. The Kier molecular flexibility index (Phi) is 4.97. The summed E-state index contributed by atoms with van der Waals surface area (Å²) >= 11 is 0. The molecule has 0 aliphatic rings. The summed E-state index contributed by atoms with van der Waals surface area (Å²) in [7, 11) is 0. The molecule has 1 unspecified atom stereocenters. The van der Waals surface area contributed by atoms with Gasteiger partial charge < -0.3 is 14.6 Å². The van der Waals surface area contributed by atoms with Crippen LogP contribution >= 0.6 is 0 Å². The van der Waals surface area contributed by atoms with Crippen LogP contribution in [0.5, 0.6) is 5.75 Å². The molecule has 0 saturated carbocycles. The highest BCUT2D eigenvalue weighted by Gasteiger charge is 2.16. The molecule has 1 heterocycles. The number of ether oxygens (including phenoxy) is 1. The Hall–Kier alpha value is -2.89. The molecule has 5 nitrogen and oxygen atoms in total. The third-order valence-corrected chi connectivity index (χ3v) is 3.79. The van der Waals surface area contributed by atoms with Crippen LogP contribution in [0.3, 0.4) is 0 Å². The quantitative estimate of drug-likeness (QED) is 0.701. The third kappa shape index (κ3) is 3.96. The maximum absolute atomic E-state index is 13.7. The monoisotopic (exact) mass is 341 g/mol. The van der Waals surface area contributed by atoms with Gasteiger partial charge in [0.15, 0.2) is 0 Å². The van der Waals surface area contributed by atoms with Gasteiger partial charge in [-0.25, -0.2) is 4.39 Å². The largest absolute Gasteiger partial charge is 0.494 e. The predicted octanol–water partition coefficient (Wildman–Crippen LogP) is 4.76. The molecule has 0 radical (unpaired) electrons. The number of anilines is 1. The molecule has 1 N–H and O–H groups in total. The fourth-order valence-corrected chi connectivity index (χ4v) is 2.39. The lowest BCUT2D eigenvalue weighted by atomic mass is 10.1. The van der Waals surface area contributed by atoms with E-state index < -0.39 is 0 Å². The van der Waals surface area contributed by atoms with Crippen molar-refractivity contribution in [3.05, 3.63) is 59.7 Å². The van der Waals surface area contributed by atoms with Crippen molar-refractivity contribution in [2.24, 2.45) is 0 Å². The van der Waals surface area contributed by atoms with Gasteiger partial charge in [0, 0.05) is 11.3 Å². The second-order valence-electron chi connectivity index (χ2n) is 5.74. The van der Waals surface area contributed by atoms with E-state index in [0.29, 0.717) is 29.4 Å². The number of aromatic nitrogens is 2. The SMILES string of the molecule is CCOc1ccc(NC(C)c2nc(-c3ccc(C)c(F)c3)no2)cc1. The van der Waals surface area contributed by atoms with Crippen LogP contribution < -0.4 is 10.1 Å². The molecule has 130 valence electrons. The summed E-state index contributed by atoms with van der Waals surface area (Å²) in [5.41, 5.74) is 2.08. The second-order valence-corrected chi connectivity index (χ2v) is 5.74. The Morgan fingerprint density at radius 3 is 2.64 bits per heavy atom. The van der Waals surface area contributed by atoms with E-state index in [1.165, 1.54) is 6.07 Å². The molecule has 0 spiro atoms. The molecule has 1 atom stereocenters. The molecule has 6 heteroatoms. The minimum atomic E-state index is -0.288. The lowest BCUT2D eigenvalue weighted by Crippen LogP contribution is -2.07. The molecular formula is C19H20FN3O2. The molecule has 0 fully saturated rings. The molecular weight excluding hydrogens is 321 g/mol. The lowest BCUT2D eigenvalue weighted by molar-refractivity contribution is 0.340. The summed E-state index contributed by atoms with van der Waals surface area (Å²) in [5, 5.41) is 7.23. The molecule has 3 rings (SSSR count). The van der Waals surface area contributed by atoms with E-state index >= 15 is 0 Å². The zero-order valence-corrected chi connectivity index (χ0v) is 14.4. The topological polar surface area (TPSA) is 60.2 Å². The number of benzene rings is 2. The first-order valence-electron chi connectivity index (χ1n) is 8.16. The van der Waals surface area contributed by atoms with Crippen molar-refractivity contribution >= 4 is 5.69 Å². The summed E-state index contributed by atoms with van der Waals surface area (Å²) in [4.78, 5) is 4.36. The minimum Gasteiger partial charge on any atom is -0.494 e. The van der Waals surface area contributed by atoms with Crippen molar-refractivity contribution < 1.29 is 13.7 Å². The number of rotatable bonds is 6. The average Bonchev–Trinajstić information content (AvgIpc) is 3.09. The molecule has 0 aliphatic carbocycles. The molecule has 1 aromatic heterocycles. The zero-order chi connectivity index (χ0) is 17.8. The summed E-state index contributed by atoms with van der Waals surface area (Å²) in [5.74, 6) is 1.34. The Morgan fingerprint density at radius 2 is 1.96 bits per heavy atom. The standard InChI is InChI=1S/C19H20FN3O2/c1-4-24-16-9-7-15(8-10-16)21-13(3)19-22-18(23-25-19)14-6-5-12(2)17(20)11-14/h5-11,13,21H,4H2,1-3H3. The Bertz CT molecular complexity index is 846. The molecule has 3 aromatic rings. The highest BCUT2D eigenvalue weighted by molar-refractivity contribution is 5.55. The van der Waals surface area contributed by atoms with Crippen LogP contribution in [0.2, 0.25) is 0 Å². The predicted molar refractivity (Wildman–Crippen MR) is 94.1 cm³/mol. The van der Waals surface area contributed by atoms with Crippen molar-refractivity contribution in [3.63, 3.8) is 0 Å². The fraction of sp³-hybridized carbons (Fsp3) is 0.263. The Morgan fingerprint density at radius 1 is 1.20 bits per heavy atom. The van der Waals surface area contributed by atoms with Gasteiger partial charge in [-0.05, 0) is 56.7 Å². The van der Waals surface area contributed by atoms with E-state index in [4.69, 9.17) is 9.26 Å². The van der Waals surface area contributed by atoms with Crippen molar-refractivity contribution in [3.8, 4) is 17.1 Å². The molecule has 25 heavy (non-hydrogen) atoms. The number of hydrogen-bond acceptors (Lipinski definition) is 5. The zero-order valence-electron chi connectivity index (χ0n) is 14.4. The van der Waals surface area contributed by atoms with Crippen LogP contribution in [-0.4, -0.2) is 16.7 Å². The van der Waals surface area contributed by atoms with E-state index in [9.17, 15) is 4.39 Å². The second kappa shape index (κ2) is 7.34. The minimum absolute atomic E-state index is 0.186. The van der Waals surface area contributed by atoms with Gasteiger partial charge in [0.25, 0.3) is 0 Å². The van der Waals surface area contributed by atoms with Crippen LogP contribution in [0.1, 0.15) is 31.3 Å². The molecule has 0 bridgehead atoms. The van der Waals surface area contributed by atoms with Crippen molar-refractivity contribution in [2.45, 2.75) is 26.8 Å². The van der Waals surface area contributed by atoms with Gasteiger partial charge in [0.05, 0.1) is 6.61 Å². The van der Waals surface area contributed by atoms with Crippen LogP contribution in [0.15, 0.2) is 47.0 Å². The van der Waals surface area contributed by atoms with E-state index in [0.717, 1.165) is 11.4 Å². The Labute approximate surface area is 145 Å². The van der Waals surface area contributed by atoms with E-state index in [1.54, 1.807) is 19.1 Å². The van der Waals surface area contributed by atoms with Gasteiger partial charge in [-0.15, -0.1) is 0 Å². The van der Waals surface area contributed by atoms with Gasteiger partial charge >= 0.3 is 0 Å². The lowest BCUT2D eigenvalue weighted by Gasteiger charge is -2.11. The van der Waals surface area contributed by atoms with Gasteiger partial charge in [-0.2, -0.15) is 4.98 Å². The first-order valence-corrected chi connectivity index (χ1v) is 8.16. The average molecular weight is 341 g/mol. The van der Waals surface area contributed by atoms with E-state index in [2.05, 4.69) is 15.5 Å². The number of hydrogen-bond donors (Lipinski definition) is 1. The van der Waals surface area contributed by atoms with E-state index in [1.807, 2.05) is 38.1 Å². The van der Waals surface area contributed by atoms with Crippen LogP contribution in [0, 0.1) is 12.7 Å². The first kappa shape index (κ1) is 17.0. The van der Waals surface area contributed by atoms with Crippen LogP contribution in [-0.2, 0) is 0 Å². The number of nitrogens with one attached hydrogen (secondary N) is 1. The highest BCUT2D eigenvalue weighted by atomic mass is 19.1. The Balaban J connectivity index is 1.71.